The predicted molar refractivity (Wildman–Crippen MR) is 108 cm³/mol. The lowest BCUT2D eigenvalue weighted by Gasteiger charge is -2.41. The Morgan fingerprint density at radius 3 is 2.50 bits per heavy atom. The van der Waals surface area contributed by atoms with Crippen LogP contribution in [0.15, 0.2) is 48.5 Å². The summed E-state index contributed by atoms with van der Waals surface area (Å²) in [5.41, 5.74) is 5.38. The molecule has 2 nitrogen and oxygen atoms in total. The number of nitrogens with zero attached hydrogens (tertiary/aromatic N) is 2. The van der Waals surface area contributed by atoms with Crippen molar-refractivity contribution in [1.29, 1.82) is 0 Å². The minimum absolute atomic E-state index is 0.0319. The van der Waals surface area contributed by atoms with E-state index in [4.69, 9.17) is 0 Å². The molecule has 0 bridgehead atoms. The highest BCUT2D eigenvalue weighted by atomic mass is 15.5. The van der Waals surface area contributed by atoms with Gasteiger partial charge in [-0.1, -0.05) is 55.3 Å². The zero-order valence-electron chi connectivity index (χ0n) is 17.2. The van der Waals surface area contributed by atoms with E-state index in [2.05, 4.69) is 79.1 Å². The third-order valence-electron chi connectivity index (χ3n) is 7.35. The predicted octanol–water partition coefficient (Wildman–Crippen LogP) is 5.62. The van der Waals surface area contributed by atoms with E-state index in [0.717, 1.165) is 0 Å². The Bertz CT molecular complexity index is 859. The fraction of sp³-hybridized carbons (Fsp3) is 0.500. The van der Waals surface area contributed by atoms with Gasteiger partial charge in [-0.3, -0.25) is 4.90 Å². The molecule has 26 heavy (non-hydrogen) atoms. The molecule has 0 radical (unpaired) electrons. The summed E-state index contributed by atoms with van der Waals surface area (Å²) in [7, 11) is 0. The van der Waals surface area contributed by atoms with E-state index in [1.54, 1.807) is 0 Å². The molecule has 0 spiro atoms. The summed E-state index contributed by atoms with van der Waals surface area (Å²) in [6.07, 6.45) is 5.25. The monoisotopic (exact) mass is 347 g/mol. The summed E-state index contributed by atoms with van der Waals surface area (Å²) in [6, 6.07) is 18.2. The number of benzene rings is 2. The van der Waals surface area contributed by atoms with Gasteiger partial charge in [0, 0.05) is 17.3 Å². The molecule has 2 fully saturated rings. The molecule has 2 aliphatic heterocycles. The average molecular weight is 348 g/mol. The number of hydrogen-bond donors (Lipinski definition) is 0. The number of anilines is 1. The number of rotatable bonds is 2. The van der Waals surface area contributed by atoms with Gasteiger partial charge in [-0.25, -0.2) is 0 Å². The molecule has 0 N–H and O–H groups in total. The van der Waals surface area contributed by atoms with Crippen LogP contribution in [0, 0.1) is 12.8 Å². The Balaban J connectivity index is 1.66. The normalized spacial score (nSPS) is 34.8. The third kappa shape index (κ3) is 2.08. The highest BCUT2D eigenvalue weighted by molar-refractivity contribution is 5.57. The molecule has 0 aromatic heterocycles. The van der Waals surface area contributed by atoms with Crippen LogP contribution in [-0.2, 0) is 5.54 Å². The first kappa shape index (κ1) is 15.3. The second-order valence-corrected chi connectivity index (χ2v) is 8.62. The van der Waals surface area contributed by atoms with Gasteiger partial charge in [0.2, 0.25) is 0 Å². The molecule has 4 atom stereocenters. The highest BCUT2D eigenvalue weighted by Gasteiger charge is 2.57. The van der Waals surface area contributed by atoms with Crippen molar-refractivity contribution in [3.63, 3.8) is 0 Å². The molecule has 1 saturated heterocycles. The van der Waals surface area contributed by atoms with Crippen LogP contribution < -0.4 is 4.90 Å². The molecule has 2 aromatic rings. The summed E-state index contributed by atoms with van der Waals surface area (Å²) in [6.45, 7) is 6.57. The SMILES string of the molecule is [2H]C1N(c2ccccc2C)[C@@H](C)C2c3ccccc3C(C)(C3CCCC3)N21. The summed E-state index contributed by atoms with van der Waals surface area (Å²) < 4.78 is 9.33. The van der Waals surface area contributed by atoms with Crippen LogP contribution in [0.1, 0.15) is 63.6 Å². The van der Waals surface area contributed by atoms with E-state index in [0.29, 0.717) is 12.0 Å². The first-order valence-electron chi connectivity index (χ1n) is 10.8. The third-order valence-corrected chi connectivity index (χ3v) is 7.35. The number of fused-ring (bicyclic) bond motifs is 3. The molecule has 3 aliphatic rings. The Kier molecular flexibility index (Phi) is 3.44. The van der Waals surface area contributed by atoms with Crippen LogP contribution in [0.3, 0.4) is 0 Å². The Morgan fingerprint density at radius 2 is 1.73 bits per heavy atom. The van der Waals surface area contributed by atoms with Crippen LogP contribution >= 0.6 is 0 Å². The Hall–Kier alpha value is -1.80. The fourth-order valence-electron chi connectivity index (χ4n) is 5.92. The van der Waals surface area contributed by atoms with Crippen molar-refractivity contribution in [2.75, 3.05) is 11.5 Å². The standard InChI is InChI=1S/C24H30N2/c1-17-10-4-9-15-22(17)25-16-26-23(18(25)2)20-13-7-8-14-21(20)24(26,3)19-11-5-6-12-19/h4,7-10,13-15,18-19,23H,5-6,11-12,16H2,1-3H3/t18-,23?,24?/m0/s1/i16D/t16?,18-,23?,24?. The number of para-hydroxylation sites is 1. The molecule has 3 unspecified atom stereocenters. The summed E-state index contributed by atoms with van der Waals surface area (Å²) in [4.78, 5) is 4.90. The molecule has 1 saturated carbocycles. The van der Waals surface area contributed by atoms with Gasteiger partial charge >= 0.3 is 0 Å². The van der Waals surface area contributed by atoms with Crippen molar-refractivity contribution < 1.29 is 1.37 Å². The van der Waals surface area contributed by atoms with Gasteiger partial charge in [0.05, 0.1) is 14.1 Å². The van der Waals surface area contributed by atoms with E-state index in [1.807, 2.05) is 0 Å². The van der Waals surface area contributed by atoms with Crippen molar-refractivity contribution in [2.24, 2.45) is 5.92 Å². The van der Waals surface area contributed by atoms with Crippen LogP contribution in [0.5, 0.6) is 0 Å². The zero-order valence-corrected chi connectivity index (χ0v) is 16.2. The van der Waals surface area contributed by atoms with E-state index >= 15 is 0 Å². The lowest BCUT2D eigenvalue weighted by molar-refractivity contribution is 0.0560. The zero-order chi connectivity index (χ0) is 18.8. The molecule has 2 heterocycles. The molecular weight excluding hydrogens is 316 g/mol. The second-order valence-electron chi connectivity index (χ2n) is 8.62. The number of hydrogen-bond acceptors (Lipinski definition) is 2. The topological polar surface area (TPSA) is 6.48 Å². The summed E-state index contributed by atoms with van der Waals surface area (Å²) in [5, 5.41) is 0. The maximum absolute atomic E-state index is 9.33. The first-order valence-corrected chi connectivity index (χ1v) is 10.2. The lowest BCUT2D eigenvalue weighted by Crippen LogP contribution is -2.45. The maximum Gasteiger partial charge on any atom is 0.0724 e. The quantitative estimate of drug-likeness (QED) is 0.695. The fourth-order valence-corrected chi connectivity index (χ4v) is 5.92. The average Bonchev–Trinajstić information content (AvgIpc) is 3.35. The van der Waals surface area contributed by atoms with E-state index < -0.39 is 0 Å². The van der Waals surface area contributed by atoms with Crippen LogP contribution in [-0.4, -0.2) is 17.6 Å². The molecule has 0 amide bonds. The first-order chi connectivity index (χ1) is 13.0. The molecule has 5 rings (SSSR count). The maximum atomic E-state index is 9.33. The minimum atomic E-state index is -0.343. The van der Waals surface area contributed by atoms with E-state index in [1.165, 1.54) is 48.1 Å². The van der Waals surface area contributed by atoms with Crippen molar-refractivity contribution >= 4 is 5.69 Å². The molecule has 136 valence electrons. The van der Waals surface area contributed by atoms with Gasteiger partial charge < -0.3 is 4.90 Å². The molecule has 2 heteroatoms. The summed E-state index contributed by atoms with van der Waals surface area (Å²) in [5.74, 6) is 0.653. The van der Waals surface area contributed by atoms with Crippen molar-refractivity contribution in [3.05, 3.63) is 65.2 Å². The van der Waals surface area contributed by atoms with Gasteiger partial charge in [-0.05, 0) is 62.3 Å². The van der Waals surface area contributed by atoms with E-state index in [9.17, 15) is 1.37 Å². The smallest absolute Gasteiger partial charge is 0.0724 e. The Morgan fingerprint density at radius 1 is 1.04 bits per heavy atom. The molecule has 1 aliphatic carbocycles. The van der Waals surface area contributed by atoms with Crippen molar-refractivity contribution in [2.45, 2.75) is 64.1 Å². The number of aryl methyl sites for hydroxylation is 1. The van der Waals surface area contributed by atoms with Gasteiger partial charge in [-0.15, -0.1) is 0 Å². The van der Waals surface area contributed by atoms with Crippen LogP contribution in [0.4, 0.5) is 5.69 Å². The molecular formula is C24H30N2. The van der Waals surface area contributed by atoms with Crippen molar-refractivity contribution in [3.8, 4) is 0 Å². The van der Waals surface area contributed by atoms with Gasteiger partial charge in [0.15, 0.2) is 0 Å². The minimum Gasteiger partial charge on any atom is -0.354 e. The van der Waals surface area contributed by atoms with Gasteiger partial charge in [0.25, 0.3) is 0 Å². The van der Waals surface area contributed by atoms with Gasteiger partial charge in [0.1, 0.15) is 0 Å². The van der Waals surface area contributed by atoms with E-state index in [-0.39, 0.29) is 18.2 Å². The van der Waals surface area contributed by atoms with Crippen LogP contribution in [0.25, 0.3) is 0 Å². The lowest BCUT2D eigenvalue weighted by atomic mass is 9.78. The second kappa shape index (κ2) is 5.85. The molecule has 2 aromatic carbocycles. The highest BCUT2D eigenvalue weighted by Crippen LogP contribution is 2.58. The van der Waals surface area contributed by atoms with Crippen LogP contribution in [0.2, 0.25) is 0 Å². The van der Waals surface area contributed by atoms with Crippen molar-refractivity contribution in [1.82, 2.24) is 4.90 Å². The largest absolute Gasteiger partial charge is 0.354 e. The Labute approximate surface area is 159 Å². The van der Waals surface area contributed by atoms with Gasteiger partial charge in [-0.2, -0.15) is 0 Å². The summed E-state index contributed by atoms with van der Waals surface area (Å²) >= 11 is 0.